The molecule has 0 unspecified atom stereocenters. The molecule has 0 radical (unpaired) electrons. The molecule has 1 N–H and O–H groups in total. The van der Waals surface area contributed by atoms with Gasteiger partial charge in [0, 0.05) is 31.7 Å². The highest BCUT2D eigenvalue weighted by molar-refractivity contribution is 7.89. The van der Waals surface area contributed by atoms with Crippen molar-refractivity contribution in [2.75, 3.05) is 38.0 Å². The second-order valence-electron chi connectivity index (χ2n) is 7.27. The third-order valence-electron chi connectivity index (χ3n) is 5.13. The normalized spacial score (nSPS) is 15.6. The van der Waals surface area contributed by atoms with Crippen molar-refractivity contribution in [3.8, 4) is 10.6 Å². The van der Waals surface area contributed by atoms with Crippen molar-refractivity contribution in [2.24, 2.45) is 0 Å². The average molecular weight is 458 g/mol. The van der Waals surface area contributed by atoms with Crippen molar-refractivity contribution in [3.63, 3.8) is 0 Å². The van der Waals surface area contributed by atoms with Crippen LogP contribution in [0.2, 0.25) is 0 Å². The molecule has 1 aliphatic heterocycles. The van der Waals surface area contributed by atoms with Crippen molar-refractivity contribution in [2.45, 2.75) is 11.8 Å². The van der Waals surface area contributed by atoms with Crippen LogP contribution in [0.3, 0.4) is 0 Å². The number of aryl methyl sites for hydroxylation is 1. The molecule has 1 aromatic heterocycles. The number of carbonyl (C=O) groups is 1. The van der Waals surface area contributed by atoms with Crippen molar-refractivity contribution >= 4 is 32.4 Å². The minimum atomic E-state index is -3.50. The Morgan fingerprint density at radius 3 is 2.39 bits per heavy atom. The molecule has 31 heavy (non-hydrogen) atoms. The topological polar surface area (TPSA) is 95.5 Å². The number of hydrogen-bond donors (Lipinski definition) is 1. The molecule has 3 aromatic rings. The van der Waals surface area contributed by atoms with Gasteiger partial charge in [-0.1, -0.05) is 53.8 Å². The lowest BCUT2D eigenvalue weighted by atomic mass is 10.1. The molecule has 1 fully saturated rings. The number of rotatable bonds is 6. The van der Waals surface area contributed by atoms with Crippen molar-refractivity contribution in [1.82, 2.24) is 19.4 Å². The van der Waals surface area contributed by atoms with E-state index in [1.54, 1.807) is 30.3 Å². The Labute approximate surface area is 185 Å². The van der Waals surface area contributed by atoms with E-state index in [0.717, 1.165) is 16.1 Å². The van der Waals surface area contributed by atoms with Crippen LogP contribution in [0.1, 0.15) is 5.56 Å². The van der Waals surface area contributed by atoms with Gasteiger partial charge < -0.3 is 0 Å². The van der Waals surface area contributed by atoms with E-state index < -0.39 is 10.0 Å². The molecule has 1 saturated heterocycles. The molecular formula is C21H23N5O3S2. The highest BCUT2D eigenvalue weighted by Crippen LogP contribution is 2.28. The van der Waals surface area contributed by atoms with Gasteiger partial charge in [0.25, 0.3) is 0 Å². The first-order chi connectivity index (χ1) is 14.9. The van der Waals surface area contributed by atoms with Crippen LogP contribution in [-0.4, -0.2) is 66.5 Å². The Hall–Kier alpha value is -2.66. The molecular weight excluding hydrogens is 434 g/mol. The van der Waals surface area contributed by atoms with Crippen LogP contribution in [-0.2, 0) is 14.8 Å². The summed E-state index contributed by atoms with van der Waals surface area (Å²) in [6.45, 7) is 3.86. The molecule has 0 spiro atoms. The second kappa shape index (κ2) is 9.23. The van der Waals surface area contributed by atoms with E-state index in [1.807, 2.05) is 36.1 Å². The summed E-state index contributed by atoms with van der Waals surface area (Å²) in [6.07, 6.45) is 0. The zero-order chi connectivity index (χ0) is 21.8. The first-order valence-electron chi connectivity index (χ1n) is 9.90. The van der Waals surface area contributed by atoms with E-state index >= 15 is 0 Å². The molecule has 1 aliphatic rings. The van der Waals surface area contributed by atoms with Crippen molar-refractivity contribution in [3.05, 3.63) is 60.2 Å². The van der Waals surface area contributed by atoms with Gasteiger partial charge in [0.15, 0.2) is 0 Å². The van der Waals surface area contributed by atoms with E-state index in [-0.39, 0.29) is 12.5 Å². The lowest BCUT2D eigenvalue weighted by Gasteiger charge is -2.33. The van der Waals surface area contributed by atoms with E-state index in [1.165, 1.54) is 15.6 Å². The van der Waals surface area contributed by atoms with Gasteiger partial charge in [-0.2, -0.15) is 4.31 Å². The predicted octanol–water partition coefficient (Wildman–Crippen LogP) is 2.46. The third-order valence-corrected chi connectivity index (χ3v) is 7.91. The van der Waals surface area contributed by atoms with Gasteiger partial charge in [0.2, 0.25) is 21.1 Å². The Morgan fingerprint density at radius 1 is 1.00 bits per heavy atom. The summed E-state index contributed by atoms with van der Waals surface area (Å²) in [5.41, 5.74) is 2.09. The monoisotopic (exact) mass is 457 g/mol. The van der Waals surface area contributed by atoms with E-state index in [2.05, 4.69) is 15.5 Å². The number of hydrogen-bond acceptors (Lipinski definition) is 7. The summed E-state index contributed by atoms with van der Waals surface area (Å²) in [6, 6.07) is 16.3. The summed E-state index contributed by atoms with van der Waals surface area (Å²) in [5.74, 6) is -0.188. The van der Waals surface area contributed by atoms with E-state index in [0.29, 0.717) is 36.2 Å². The van der Waals surface area contributed by atoms with Crippen molar-refractivity contribution < 1.29 is 13.2 Å². The highest BCUT2D eigenvalue weighted by atomic mass is 32.2. The Bertz CT molecular complexity index is 1160. The fourth-order valence-electron chi connectivity index (χ4n) is 3.43. The molecule has 2 aromatic carbocycles. The maximum Gasteiger partial charge on any atom is 0.243 e. The number of nitrogens with zero attached hydrogens (tertiary/aromatic N) is 4. The van der Waals surface area contributed by atoms with Gasteiger partial charge in [0.05, 0.1) is 11.4 Å². The number of anilines is 1. The van der Waals surface area contributed by atoms with Crippen LogP contribution in [0.25, 0.3) is 10.6 Å². The molecule has 0 aliphatic carbocycles. The number of amides is 1. The molecule has 2 heterocycles. The predicted molar refractivity (Wildman–Crippen MR) is 120 cm³/mol. The molecule has 0 atom stereocenters. The van der Waals surface area contributed by atoms with Crippen LogP contribution in [0, 0.1) is 6.92 Å². The van der Waals surface area contributed by atoms with Gasteiger partial charge in [-0.15, -0.1) is 10.2 Å². The van der Waals surface area contributed by atoms with Gasteiger partial charge in [-0.3, -0.25) is 15.0 Å². The highest BCUT2D eigenvalue weighted by Gasteiger charge is 2.29. The molecule has 10 heteroatoms. The number of carbonyl (C=O) groups excluding carboxylic acids is 1. The third kappa shape index (κ3) is 4.99. The summed E-state index contributed by atoms with van der Waals surface area (Å²) in [5, 5.41) is 12.3. The molecule has 4 rings (SSSR count). The van der Waals surface area contributed by atoms with Gasteiger partial charge in [-0.25, -0.2) is 8.42 Å². The maximum absolute atomic E-state index is 12.7. The average Bonchev–Trinajstić information content (AvgIpc) is 3.23. The zero-order valence-electron chi connectivity index (χ0n) is 17.1. The van der Waals surface area contributed by atoms with E-state index in [4.69, 9.17) is 0 Å². The number of sulfonamides is 1. The van der Waals surface area contributed by atoms with Crippen LogP contribution in [0.4, 0.5) is 5.13 Å². The number of nitrogens with one attached hydrogen (secondary N) is 1. The minimum absolute atomic E-state index is 0.179. The van der Waals surface area contributed by atoms with E-state index in [9.17, 15) is 13.2 Å². The maximum atomic E-state index is 12.7. The van der Waals surface area contributed by atoms with Gasteiger partial charge in [0.1, 0.15) is 5.01 Å². The quantitative estimate of drug-likeness (QED) is 0.611. The molecule has 0 bridgehead atoms. The summed E-state index contributed by atoms with van der Waals surface area (Å²) >= 11 is 1.33. The van der Waals surface area contributed by atoms with Gasteiger partial charge in [-0.05, 0) is 24.6 Å². The Kier molecular flexibility index (Phi) is 6.42. The fourth-order valence-corrected chi connectivity index (χ4v) is 5.72. The smallest absolute Gasteiger partial charge is 0.243 e. The largest absolute Gasteiger partial charge is 0.299 e. The summed E-state index contributed by atoms with van der Waals surface area (Å²) in [7, 11) is -3.50. The molecule has 162 valence electrons. The lowest BCUT2D eigenvalue weighted by Crippen LogP contribution is -2.50. The minimum Gasteiger partial charge on any atom is -0.299 e. The first kappa shape index (κ1) is 21.6. The fraction of sp³-hybridized carbons (Fsp3) is 0.286. The summed E-state index contributed by atoms with van der Waals surface area (Å²) in [4.78, 5) is 14.7. The Morgan fingerprint density at radius 2 is 1.68 bits per heavy atom. The Balaban J connectivity index is 1.30. The number of aromatic nitrogens is 2. The molecule has 8 nitrogen and oxygen atoms in total. The number of piperazine rings is 1. The lowest BCUT2D eigenvalue weighted by molar-refractivity contribution is -0.117. The van der Waals surface area contributed by atoms with Crippen LogP contribution >= 0.6 is 11.3 Å². The molecule has 0 saturated carbocycles. The molecule has 1 amide bonds. The number of benzene rings is 2. The van der Waals surface area contributed by atoms with Crippen molar-refractivity contribution in [1.29, 1.82) is 0 Å². The SMILES string of the molecule is Cc1ccccc1-c1nnc(NC(=O)CN2CCN(S(=O)(=O)c3ccccc3)CC2)s1. The standard InChI is InChI=1S/C21H23N5O3S2/c1-16-7-5-6-10-18(16)20-23-24-21(30-20)22-19(27)15-25-11-13-26(14-12-25)31(28,29)17-8-3-2-4-9-17/h2-10H,11-15H2,1H3,(H,22,24,27). The van der Waals surface area contributed by atoms with Crippen LogP contribution in [0.15, 0.2) is 59.5 Å². The van der Waals surface area contributed by atoms with Gasteiger partial charge >= 0.3 is 0 Å². The second-order valence-corrected chi connectivity index (χ2v) is 10.2. The zero-order valence-corrected chi connectivity index (χ0v) is 18.7. The first-order valence-corrected chi connectivity index (χ1v) is 12.2. The summed E-state index contributed by atoms with van der Waals surface area (Å²) < 4.78 is 26.9. The van der Waals surface area contributed by atoms with Crippen LogP contribution in [0.5, 0.6) is 0 Å². The van der Waals surface area contributed by atoms with Crippen LogP contribution < -0.4 is 5.32 Å².